The maximum absolute atomic E-state index is 13.8. The number of nitrogens with zero attached hydrogens (tertiary/aromatic N) is 4. The number of hydrogen-bond acceptors (Lipinski definition) is 8. The zero-order valence-corrected chi connectivity index (χ0v) is 16.1. The van der Waals surface area contributed by atoms with Crippen molar-refractivity contribution < 1.29 is 18.7 Å². The van der Waals surface area contributed by atoms with Gasteiger partial charge >= 0.3 is 0 Å². The van der Waals surface area contributed by atoms with Gasteiger partial charge in [0.15, 0.2) is 0 Å². The smallest absolute Gasteiger partial charge is 0.291 e. The van der Waals surface area contributed by atoms with Crippen LogP contribution in [0.15, 0.2) is 54.0 Å². The highest BCUT2D eigenvalue weighted by Gasteiger charge is 2.10. The molecular formula is C20H19FN6O3. The summed E-state index contributed by atoms with van der Waals surface area (Å²) in [6, 6.07) is 7.61. The van der Waals surface area contributed by atoms with Gasteiger partial charge in [0.25, 0.3) is 5.91 Å². The summed E-state index contributed by atoms with van der Waals surface area (Å²) >= 11 is 0. The number of aromatic nitrogens is 3. The Morgan fingerprint density at radius 3 is 2.87 bits per heavy atom. The van der Waals surface area contributed by atoms with Gasteiger partial charge in [0, 0.05) is 29.9 Å². The number of hydrazone groups is 1. The van der Waals surface area contributed by atoms with E-state index in [1.165, 1.54) is 43.9 Å². The summed E-state index contributed by atoms with van der Waals surface area (Å²) in [6.45, 7) is 0.751. The molecule has 1 aromatic carbocycles. The molecule has 10 heteroatoms. The van der Waals surface area contributed by atoms with Crippen molar-refractivity contribution in [3.05, 3.63) is 66.0 Å². The minimum Gasteiger partial charge on any atom is -0.497 e. The van der Waals surface area contributed by atoms with E-state index in [0.717, 1.165) is 0 Å². The van der Waals surface area contributed by atoms with Crippen molar-refractivity contribution >= 4 is 12.1 Å². The second-order valence-electron chi connectivity index (χ2n) is 5.90. The summed E-state index contributed by atoms with van der Waals surface area (Å²) in [7, 11) is 1.47. The first kappa shape index (κ1) is 20.8. The number of hydrogen-bond donors (Lipinski definition) is 2. The van der Waals surface area contributed by atoms with Gasteiger partial charge in [0.2, 0.25) is 5.88 Å². The molecule has 0 spiro atoms. The molecule has 3 N–H and O–H groups in total. The Balaban J connectivity index is 1.69. The molecule has 3 rings (SSSR count). The van der Waals surface area contributed by atoms with Gasteiger partial charge in [-0.25, -0.2) is 19.8 Å². The molecule has 0 aliphatic rings. The number of carbonyl (C=O) groups is 1. The summed E-state index contributed by atoms with van der Waals surface area (Å²) < 4.78 is 24.1. The van der Waals surface area contributed by atoms with Crippen LogP contribution >= 0.6 is 0 Å². The van der Waals surface area contributed by atoms with Crippen molar-refractivity contribution in [1.29, 1.82) is 0 Å². The lowest BCUT2D eigenvalue weighted by Crippen LogP contribution is -2.19. The molecule has 0 saturated carbocycles. The summed E-state index contributed by atoms with van der Waals surface area (Å²) in [6.07, 6.45) is 5.54. The minimum atomic E-state index is -0.597. The van der Waals surface area contributed by atoms with Crippen LogP contribution in [0.2, 0.25) is 0 Å². The van der Waals surface area contributed by atoms with E-state index in [2.05, 4.69) is 25.5 Å². The zero-order valence-electron chi connectivity index (χ0n) is 16.1. The largest absolute Gasteiger partial charge is 0.497 e. The van der Waals surface area contributed by atoms with Gasteiger partial charge in [-0.1, -0.05) is 0 Å². The number of nitrogens with two attached hydrogens (primary N) is 1. The Labute approximate surface area is 171 Å². The summed E-state index contributed by atoms with van der Waals surface area (Å²) in [5.74, 6) is -0.192. The van der Waals surface area contributed by atoms with Gasteiger partial charge in [0.1, 0.15) is 23.9 Å². The summed E-state index contributed by atoms with van der Waals surface area (Å²) in [5.41, 5.74) is 8.99. The minimum absolute atomic E-state index is 0.0409. The predicted molar refractivity (Wildman–Crippen MR) is 108 cm³/mol. The van der Waals surface area contributed by atoms with E-state index >= 15 is 0 Å². The molecule has 0 atom stereocenters. The maximum Gasteiger partial charge on any atom is 0.291 e. The van der Waals surface area contributed by atoms with E-state index in [1.54, 1.807) is 18.3 Å². The summed E-state index contributed by atoms with van der Waals surface area (Å²) in [4.78, 5) is 24.8. The lowest BCUT2D eigenvalue weighted by Gasteiger charge is -2.05. The molecule has 3 aromatic rings. The lowest BCUT2D eigenvalue weighted by molar-refractivity contribution is 0.0950. The van der Waals surface area contributed by atoms with Gasteiger partial charge in [-0.3, -0.25) is 9.78 Å². The van der Waals surface area contributed by atoms with E-state index in [-0.39, 0.29) is 11.3 Å². The number of benzene rings is 1. The summed E-state index contributed by atoms with van der Waals surface area (Å²) in [5, 5.41) is 3.77. The first-order valence-corrected chi connectivity index (χ1v) is 8.89. The number of rotatable bonds is 8. The van der Waals surface area contributed by atoms with Crippen molar-refractivity contribution in [3.8, 4) is 22.9 Å². The van der Waals surface area contributed by atoms with Crippen molar-refractivity contribution in [3.63, 3.8) is 0 Å². The Kier molecular flexibility index (Phi) is 6.95. The van der Waals surface area contributed by atoms with Crippen molar-refractivity contribution in [2.24, 2.45) is 10.8 Å². The lowest BCUT2D eigenvalue weighted by atomic mass is 10.2. The Morgan fingerprint density at radius 2 is 2.13 bits per heavy atom. The van der Waals surface area contributed by atoms with Crippen LogP contribution in [-0.2, 0) is 0 Å². The number of amides is 1. The number of ether oxygens (including phenoxy) is 2. The Morgan fingerprint density at radius 1 is 1.27 bits per heavy atom. The topological polar surface area (TPSA) is 125 Å². The number of methoxy groups -OCH3 is 1. The van der Waals surface area contributed by atoms with Crippen LogP contribution in [0, 0.1) is 5.82 Å². The molecule has 0 aliphatic carbocycles. The van der Waals surface area contributed by atoms with Crippen LogP contribution in [-0.4, -0.2) is 47.3 Å². The molecule has 2 aromatic heterocycles. The highest BCUT2D eigenvalue weighted by atomic mass is 19.1. The molecule has 1 amide bonds. The molecule has 0 fully saturated rings. The number of pyridine rings is 1. The third kappa shape index (κ3) is 5.32. The third-order valence-electron chi connectivity index (χ3n) is 3.84. The van der Waals surface area contributed by atoms with Crippen molar-refractivity contribution in [2.75, 3.05) is 20.3 Å². The van der Waals surface area contributed by atoms with Crippen LogP contribution in [0.5, 0.6) is 11.6 Å². The molecule has 0 unspecified atom stereocenters. The maximum atomic E-state index is 13.8. The zero-order chi connectivity index (χ0) is 21.3. The fourth-order valence-electron chi connectivity index (χ4n) is 2.36. The normalized spacial score (nSPS) is 10.8. The predicted octanol–water partition coefficient (Wildman–Crippen LogP) is 1.79. The molecule has 154 valence electrons. The van der Waals surface area contributed by atoms with Gasteiger partial charge in [-0.15, -0.1) is 0 Å². The molecule has 2 heterocycles. The van der Waals surface area contributed by atoms with Gasteiger partial charge < -0.3 is 15.2 Å². The quantitative estimate of drug-likeness (QED) is 0.428. The van der Waals surface area contributed by atoms with Gasteiger partial charge in [-0.2, -0.15) is 5.10 Å². The first-order valence-electron chi connectivity index (χ1n) is 8.89. The SMILES string of the molecule is COc1ccc(F)c(/C=N/NC(=O)c2cncc(-c3ccc(OCCN)nc3)n2)c1. The van der Waals surface area contributed by atoms with Crippen molar-refractivity contribution in [1.82, 2.24) is 20.4 Å². The number of halogens is 1. The molecule has 0 radical (unpaired) electrons. The van der Waals surface area contributed by atoms with Gasteiger partial charge in [0.05, 0.1) is 31.4 Å². The average molecular weight is 410 g/mol. The fraction of sp³-hybridized carbons (Fsp3) is 0.150. The van der Waals surface area contributed by atoms with Crippen LogP contribution in [0.3, 0.4) is 0 Å². The second-order valence-corrected chi connectivity index (χ2v) is 5.90. The third-order valence-corrected chi connectivity index (χ3v) is 3.84. The molecule has 9 nitrogen and oxygen atoms in total. The van der Waals surface area contributed by atoms with Crippen LogP contribution in [0.25, 0.3) is 11.3 Å². The van der Waals surface area contributed by atoms with Gasteiger partial charge in [-0.05, 0) is 24.3 Å². The molecule has 0 aliphatic heterocycles. The number of nitrogens with one attached hydrogen (secondary N) is 1. The average Bonchev–Trinajstić information content (AvgIpc) is 2.79. The standard InChI is InChI=1S/C20H19FN6O3/c1-29-15-3-4-16(21)14(8-15)10-25-27-20(28)18-12-23-11-17(26-18)13-2-5-19(24-9-13)30-7-6-22/h2-5,8-12H,6-7,22H2,1H3,(H,27,28)/b25-10+. The van der Waals surface area contributed by atoms with E-state index in [9.17, 15) is 9.18 Å². The van der Waals surface area contributed by atoms with Crippen LogP contribution in [0.1, 0.15) is 16.1 Å². The van der Waals surface area contributed by atoms with Crippen LogP contribution < -0.4 is 20.6 Å². The monoisotopic (exact) mass is 410 g/mol. The van der Waals surface area contributed by atoms with E-state index in [4.69, 9.17) is 15.2 Å². The second kappa shape index (κ2) is 10.0. The van der Waals surface area contributed by atoms with E-state index in [0.29, 0.717) is 36.0 Å². The highest BCUT2D eigenvalue weighted by Crippen LogP contribution is 2.18. The van der Waals surface area contributed by atoms with E-state index in [1.807, 2.05) is 0 Å². The molecule has 0 saturated heterocycles. The molecule has 30 heavy (non-hydrogen) atoms. The highest BCUT2D eigenvalue weighted by molar-refractivity contribution is 5.93. The van der Waals surface area contributed by atoms with Crippen LogP contribution in [0.4, 0.5) is 4.39 Å². The fourth-order valence-corrected chi connectivity index (χ4v) is 2.36. The molecule has 0 bridgehead atoms. The van der Waals surface area contributed by atoms with Crippen molar-refractivity contribution in [2.45, 2.75) is 0 Å². The van der Waals surface area contributed by atoms with E-state index < -0.39 is 11.7 Å². The first-order chi connectivity index (χ1) is 14.6. The number of carbonyl (C=O) groups excluding carboxylic acids is 1. The Bertz CT molecular complexity index is 1040. The molecular weight excluding hydrogens is 391 g/mol. The Hall–Kier alpha value is -3.92.